The molecule has 0 saturated heterocycles. The first kappa shape index (κ1) is 18.0. The molecule has 0 fully saturated rings. The summed E-state index contributed by atoms with van der Waals surface area (Å²) in [7, 11) is 0. The van der Waals surface area contributed by atoms with Crippen molar-refractivity contribution in [3.63, 3.8) is 0 Å². The Balaban J connectivity index is 2.72. The van der Waals surface area contributed by atoms with Gasteiger partial charge >= 0.3 is 0 Å². The predicted molar refractivity (Wildman–Crippen MR) is 93.9 cm³/mol. The van der Waals surface area contributed by atoms with E-state index in [-0.39, 0.29) is 11.2 Å². The van der Waals surface area contributed by atoms with E-state index in [1.165, 1.54) is 5.56 Å². The zero-order chi connectivity index (χ0) is 15.7. The van der Waals surface area contributed by atoms with E-state index in [0.717, 1.165) is 44.1 Å². The molecular formula is C19H25BrO. The summed E-state index contributed by atoms with van der Waals surface area (Å²) >= 11 is 3.34. The van der Waals surface area contributed by atoms with Gasteiger partial charge in [-0.3, -0.25) is 4.79 Å². The summed E-state index contributed by atoms with van der Waals surface area (Å²) in [5.41, 5.74) is 1.95. The van der Waals surface area contributed by atoms with Gasteiger partial charge in [0.25, 0.3) is 0 Å². The van der Waals surface area contributed by atoms with Gasteiger partial charge in [-0.2, -0.15) is 0 Å². The summed E-state index contributed by atoms with van der Waals surface area (Å²) in [6.07, 6.45) is 11.5. The molecule has 0 heterocycles. The second kappa shape index (κ2) is 9.05. The van der Waals surface area contributed by atoms with Gasteiger partial charge < -0.3 is 0 Å². The quantitative estimate of drug-likeness (QED) is 0.341. The van der Waals surface area contributed by atoms with Crippen LogP contribution in [0, 0.1) is 19.3 Å². The fraction of sp³-hybridized carbons (Fsp3) is 0.526. The van der Waals surface area contributed by atoms with Gasteiger partial charge in [0.1, 0.15) is 0 Å². The number of carbonyl (C=O) groups excluding carboxylic acids is 1. The molecule has 0 bridgehead atoms. The van der Waals surface area contributed by atoms with Gasteiger partial charge in [0.2, 0.25) is 0 Å². The Hall–Kier alpha value is -1.07. The van der Waals surface area contributed by atoms with Crippen molar-refractivity contribution in [2.45, 2.75) is 57.8 Å². The number of rotatable bonds is 9. The molecule has 0 spiro atoms. The maximum atomic E-state index is 12.4. The van der Waals surface area contributed by atoms with Gasteiger partial charge in [0.15, 0.2) is 5.78 Å². The first-order chi connectivity index (χ1) is 10.0. The molecule has 1 unspecified atom stereocenters. The van der Waals surface area contributed by atoms with Crippen molar-refractivity contribution < 1.29 is 4.79 Å². The zero-order valence-corrected chi connectivity index (χ0v) is 14.7. The van der Waals surface area contributed by atoms with E-state index >= 15 is 0 Å². The summed E-state index contributed by atoms with van der Waals surface area (Å²) in [4.78, 5) is 12.4. The summed E-state index contributed by atoms with van der Waals surface area (Å²) in [6, 6.07) is 8.32. The van der Waals surface area contributed by atoms with E-state index < -0.39 is 0 Å². The number of carbonyl (C=O) groups is 1. The topological polar surface area (TPSA) is 17.1 Å². The maximum Gasteiger partial charge on any atom is 0.153 e. The van der Waals surface area contributed by atoms with Crippen molar-refractivity contribution in [2.24, 2.45) is 0 Å². The normalized spacial score (nSPS) is 13.4. The molecule has 2 heteroatoms. The Morgan fingerprint density at radius 3 is 2.62 bits per heavy atom. The lowest BCUT2D eigenvalue weighted by molar-refractivity contribution is -0.121. The molecular weight excluding hydrogens is 324 g/mol. The SMILES string of the molecule is C#CCCCCCCC(C)(C(=O)CBr)c1cccc(C)c1. The van der Waals surface area contributed by atoms with Crippen molar-refractivity contribution in [1.82, 2.24) is 0 Å². The van der Waals surface area contributed by atoms with Gasteiger partial charge in [-0.1, -0.05) is 65.0 Å². The molecule has 21 heavy (non-hydrogen) atoms. The Kier molecular flexibility index (Phi) is 7.75. The minimum Gasteiger partial charge on any atom is -0.298 e. The number of unbranched alkanes of at least 4 members (excludes halogenated alkanes) is 4. The molecule has 1 aromatic rings. The smallest absolute Gasteiger partial charge is 0.153 e. The third-order valence-electron chi connectivity index (χ3n) is 4.14. The van der Waals surface area contributed by atoms with Crippen LogP contribution >= 0.6 is 15.9 Å². The first-order valence-corrected chi connectivity index (χ1v) is 8.76. The molecule has 0 aliphatic rings. The Labute approximate surface area is 137 Å². The lowest BCUT2D eigenvalue weighted by atomic mass is 9.74. The number of alkyl halides is 1. The second-order valence-electron chi connectivity index (χ2n) is 5.88. The number of hydrogen-bond acceptors (Lipinski definition) is 1. The highest BCUT2D eigenvalue weighted by atomic mass is 79.9. The highest BCUT2D eigenvalue weighted by Crippen LogP contribution is 2.32. The van der Waals surface area contributed by atoms with E-state index in [9.17, 15) is 4.79 Å². The number of aryl methyl sites for hydroxylation is 1. The Morgan fingerprint density at radius 2 is 2.00 bits per heavy atom. The fourth-order valence-corrected chi connectivity index (χ4v) is 3.26. The van der Waals surface area contributed by atoms with Gasteiger partial charge in [-0.15, -0.1) is 12.3 Å². The molecule has 0 radical (unpaired) electrons. The largest absolute Gasteiger partial charge is 0.298 e. The maximum absolute atomic E-state index is 12.4. The monoisotopic (exact) mass is 348 g/mol. The Bertz CT molecular complexity index is 501. The molecule has 1 aromatic carbocycles. The average molecular weight is 349 g/mol. The predicted octanol–water partition coefficient (Wildman–Crippen LogP) is 5.19. The number of halogens is 1. The summed E-state index contributed by atoms with van der Waals surface area (Å²) in [6.45, 7) is 4.15. The van der Waals surface area contributed by atoms with Crippen molar-refractivity contribution in [1.29, 1.82) is 0 Å². The van der Waals surface area contributed by atoms with Crippen molar-refractivity contribution >= 4 is 21.7 Å². The molecule has 0 amide bonds. The lowest BCUT2D eigenvalue weighted by Crippen LogP contribution is -2.33. The highest BCUT2D eigenvalue weighted by Gasteiger charge is 2.33. The van der Waals surface area contributed by atoms with E-state index in [2.05, 4.69) is 53.9 Å². The van der Waals surface area contributed by atoms with Crippen LogP contribution in [0.2, 0.25) is 0 Å². The Morgan fingerprint density at radius 1 is 1.29 bits per heavy atom. The van der Waals surface area contributed by atoms with Crippen LogP contribution in [0.3, 0.4) is 0 Å². The van der Waals surface area contributed by atoms with E-state index in [1.54, 1.807) is 0 Å². The first-order valence-electron chi connectivity index (χ1n) is 7.64. The van der Waals surface area contributed by atoms with Gasteiger partial charge in [0.05, 0.1) is 10.7 Å². The standard InChI is InChI=1S/C19H25BrO/c1-4-5-6-7-8-9-13-19(3,18(21)15-20)17-12-10-11-16(2)14-17/h1,10-12,14H,5-9,13,15H2,2-3H3. The second-order valence-corrected chi connectivity index (χ2v) is 6.44. The minimum absolute atomic E-state index is 0.261. The van der Waals surface area contributed by atoms with Gasteiger partial charge in [-0.25, -0.2) is 0 Å². The molecule has 1 atom stereocenters. The highest BCUT2D eigenvalue weighted by molar-refractivity contribution is 9.09. The summed E-state index contributed by atoms with van der Waals surface area (Å²) in [5.74, 6) is 2.93. The number of hydrogen-bond donors (Lipinski definition) is 0. The summed E-state index contributed by atoms with van der Waals surface area (Å²) < 4.78 is 0. The number of Topliss-reactive ketones (excluding diaryl/α,β-unsaturated/α-hetero) is 1. The number of benzene rings is 1. The van der Waals surface area contributed by atoms with Crippen LogP contribution in [0.25, 0.3) is 0 Å². The van der Waals surface area contributed by atoms with Crippen LogP contribution in [-0.4, -0.2) is 11.1 Å². The molecule has 1 rings (SSSR count). The van der Waals surface area contributed by atoms with Crippen molar-refractivity contribution in [3.05, 3.63) is 35.4 Å². The number of terminal acetylenes is 1. The third kappa shape index (κ3) is 5.32. The van der Waals surface area contributed by atoms with E-state index in [1.807, 2.05) is 6.07 Å². The third-order valence-corrected chi connectivity index (χ3v) is 4.65. The van der Waals surface area contributed by atoms with Crippen LogP contribution in [0.15, 0.2) is 24.3 Å². The molecule has 0 aliphatic heterocycles. The average Bonchev–Trinajstić information content (AvgIpc) is 2.49. The molecule has 0 saturated carbocycles. The molecule has 114 valence electrons. The van der Waals surface area contributed by atoms with Crippen LogP contribution in [0.5, 0.6) is 0 Å². The van der Waals surface area contributed by atoms with Crippen LogP contribution in [0.4, 0.5) is 0 Å². The molecule has 0 aliphatic carbocycles. The lowest BCUT2D eigenvalue weighted by Gasteiger charge is -2.28. The minimum atomic E-state index is -0.387. The summed E-state index contributed by atoms with van der Waals surface area (Å²) in [5, 5.41) is 0.411. The van der Waals surface area contributed by atoms with E-state index in [0.29, 0.717) is 5.33 Å². The van der Waals surface area contributed by atoms with Crippen molar-refractivity contribution in [3.8, 4) is 12.3 Å². The fourth-order valence-electron chi connectivity index (χ4n) is 2.64. The zero-order valence-electron chi connectivity index (χ0n) is 13.1. The van der Waals surface area contributed by atoms with Crippen LogP contribution in [0.1, 0.15) is 56.6 Å². The van der Waals surface area contributed by atoms with Crippen LogP contribution < -0.4 is 0 Å². The van der Waals surface area contributed by atoms with Crippen LogP contribution in [-0.2, 0) is 10.2 Å². The van der Waals surface area contributed by atoms with E-state index in [4.69, 9.17) is 6.42 Å². The molecule has 0 aromatic heterocycles. The van der Waals surface area contributed by atoms with Crippen molar-refractivity contribution in [2.75, 3.05) is 5.33 Å². The van der Waals surface area contributed by atoms with Gasteiger partial charge in [0, 0.05) is 6.42 Å². The van der Waals surface area contributed by atoms with Gasteiger partial charge in [-0.05, 0) is 32.3 Å². The molecule has 1 nitrogen and oxygen atoms in total. The molecule has 0 N–H and O–H groups in total. The number of ketones is 1.